The normalized spacial score (nSPS) is 25.0. The molecular weight excluding hydrogens is 552 g/mol. The van der Waals surface area contributed by atoms with Crippen LogP contribution in [0.15, 0.2) is 0 Å². The van der Waals surface area contributed by atoms with Crippen LogP contribution in [0.4, 0.5) is 0 Å². The Labute approximate surface area is 248 Å². The number of rotatable bonds is 6. The van der Waals surface area contributed by atoms with Gasteiger partial charge in [0.1, 0.15) is 0 Å². The maximum Gasteiger partial charge on any atom is 0.311 e. The zero-order valence-electron chi connectivity index (χ0n) is 27.4. The summed E-state index contributed by atoms with van der Waals surface area (Å²) in [6.07, 6.45) is -9.83. The lowest BCUT2D eigenvalue weighted by Gasteiger charge is -2.48. The van der Waals surface area contributed by atoms with Crippen molar-refractivity contribution in [1.29, 1.82) is 0 Å². The fourth-order valence-corrected chi connectivity index (χ4v) is 3.51. The minimum Gasteiger partial charge on any atom is -0.454 e. The summed E-state index contributed by atoms with van der Waals surface area (Å²) in [7, 11) is 0. The molecule has 4 unspecified atom stereocenters. The van der Waals surface area contributed by atoms with E-state index in [0.29, 0.717) is 0 Å². The quantitative estimate of drug-likeness (QED) is 0.322. The van der Waals surface area contributed by atoms with E-state index in [-0.39, 0.29) is 0 Å². The van der Waals surface area contributed by atoms with Crippen molar-refractivity contribution in [2.24, 2.45) is 21.7 Å². The Hall–Kier alpha value is -3.18. The van der Waals surface area contributed by atoms with Gasteiger partial charge in [-0.2, -0.15) is 0 Å². The van der Waals surface area contributed by atoms with Gasteiger partial charge in [-0.15, -0.1) is 0 Å². The van der Waals surface area contributed by atoms with Gasteiger partial charge >= 0.3 is 35.8 Å². The molecule has 0 aliphatic heterocycles. The van der Waals surface area contributed by atoms with E-state index >= 15 is 0 Å². The molecule has 0 radical (unpaired) electrons. The number of hydrogen-bond donors (Lipinski definition) is 0. The first kappa shape index (κ1) is 36.8. The van der Waals surface area contributed by atoms with Gasteiger partial charge in [-0.1, -0.05) is 0 Å². The van der Waals surface area contributed by atoms with Crippen molar-refractivity contribution in [2.75, 3.05) is 0 Å². The van der Waals surface area contributed by atoms with Crippen LogP contribution < -0.4 is 0 Å². The highest BCUT2D eigenvalue weighted by atomic mass is 16.7. The fraction of sp³-hybridized carbons (Fsp3) is 0.800. The number of esters is 6. The van der Waals surface area contributed by atoms with Crippen LogP contribution in [0.1, 0.15) is 96.9 Å². The van der Waals surface area contributed by atoms with Gasteiger partial charge in [-0.3, -0.25) is 28.8 Å². The third kappa shape index (κ3) is 9.97. The topological polar surface area (TPSA) is 158 Å². The van der Waals surface area contributed by atoms with Crippen LogP contribution in [0.5, 0.6) is 0 Å². The molecule has 12 heteroatoms. The van der Waals surface area contributed by atoms with E-state index in [9.17, 15) is 28.8 Å². The van der Waals surface area contributed by atoms with Crippen LogP contribution in [0.3, 0.4) is 0 Å². The Bertz CT molecular complexity index is 896. The predicted octanol–water partition coefficient (Wildman–Crippen LogP) is 3.70. The molecule has 0 bridgehead atoms. The van der Waals surface area contributed by atoms with Gasteiger partial charge in [-0.05, 0) is 83.1 Å². The first-order valence-corrected chi connectivity index (χ1v) is 13.9. The Morgan fingerprint density at radius 2 is 0.476 bits per heavy atom. The van der Waals surface area contributed by atoms with E-state index in [1.165, 1.54) is 0 Å². The van der Waals surface area contributed by atoms with Crippen molar-refractivity contribution in [3.63, 3.8) is 0 Å². The van der Waals surface area contributed by atoms with Gasteiger partial charge in [0.05, 0.1) is 21.7 Å². The van der Waals surface area contributed by atoms with Gasteiger partial charge in [0, 0.05) is 13.8 Å². The minimum atomic E-state index is -1.64. The van der Waals surface area contributed by atoms with Crippen molar-refractivity contribution in [2.45, 2.75) is 134 Å². The highest BCUT2D eigenvalue weighted by Gasteiger charge is 2.62. The zero-order valence-corrected chi connectivity index (χ0v) is 27.4. The molecule has 0 saturated heterocycles. The van der Waals surface area contributed by atoms with E-state index in [1.54, 1.807) is 83.1 Å². The second kappa shape index (κ2) is 13.0. The largest absolute Gasteiger partial charge is 0.454 e. The maximum atomic E-state index is 13.2. The zero-order chi connectivity index (χ0) is 33.2. The Balaban J connectivity index is 4.08. The number of ether oxygens (including phenoxy) is 6. The van der Waals surface area contributed by atoms with Crippen molar-refractivity contribution in [3.05, 3.63) is 0 Å². The third-order valence-electron chi connectivity index (χ3n) is 5.97. The summed E-state index contributed by atoms with van der Waals surface area (Å²) in [6, 6.07) is 0. The summed E-state index contributed by atoms with van der Waals surface area (Å²) in [5.74, 6) is -4.85. The van der Waals surface area contributed by atoms with Crippen molar-refractivity contribution in [1.82, 2.24) is 0 Å². The van der Waals surface area contributed by atoms with Crippen molar-refractivity contribution in [3.8, 4) is 0 Å². The summed E-state index contributed by atoms with van der Waals surface area (Å²) in [5, 5.41) is 0. The summed E-state index contributed by atoms with van der Waals surface area (Å²) in [6.45, 7) is 21.0. The highest BCUT2D eigenvalue weighted by molar-refractivity contribution is 5.78. The molecule has 0 heterocycles. The molecular formula is C30H48O12. The fourth-order valence-electron chi connectivity index (χ4n) is 3.51. The van der Waals surface area contributed by atoms with Crippen LogP contribution in [-0.4, -0.2) is 72.4 Å². The van der Waals surface area contributed by atoms with Crippen LogP contribution in [0.2, 0.25) is 0 Å². The van der Waals surface area contributed by atoms with E-state index in [1.807, 2.05) is 0 Å². The molecule has 0 N–H and O–H groups in total. The van der Waals surface area contributed by atoms with E-state index in [4.69, 9.17) is 28.4 Å². The number of hydrogen-bond acceptors (Lipinski definition) is 12. The molecule has 0 spiro atoms. The monoisotopic (exact) mass is 600 g/mol. The smallest absolute Gasteiger partial charge is 0.311 e. The molecule has 0 aromatic rings. The molecule has 1 rings (SSSR count). The molecule has 1 aliphatic rings. The van der Waals surface area contributed by atoms with Crippen LogP contribution in [0.25, 0.3) is 0 Å². The first-order valence-electron chi connectivity index (χ1n) is 13.9. The van der Waals surface area contributed by atoms with Crippen LogP contribution >= 0.6 is 0 Å². The number of carbonyl (C=O) groups is 6. The summed E-state index contributed by atoms with van der Waals surface area (Å²) >= 11 is 0. The van der Waals surface area contributed by atoms with Gasteiger partial charge in [0.25, 0.3) is 0 Å². The molecule has 42 heavy (non-hydrogen) atoms. The lowest BCUT2D eigenvalue weighted by Crippen LogP contribution is -2.69. The Morgan fingerprint density at radius 3 is 0.595 bits per heavy atom. The molecule has 12 nitrogen and oxygen atoms in total. The number of carbonyl (C=O) groups excluding carboxylic acids is 6. The van der Waals surface area contributed by atoms with Crippen molar-refractivity contribution >= 4 is 35.8 Å². The highest BCUT2D eigenvalue weighted by Crippen LogP contribution is 2.38. The Morgan fingerprint density at radius 1 is 0.333 bits per heavy atom. The SMILES string of the molecule is CC(=O)OC1C(OC(=O)C(C)(C)C)C(OC(=O)C(C)(C)C)C(OC(C)=O)C(OC(=O)C(C)(C)C)C1OC(=O)C(C)(C)C. The molecule has 0 aromatic carbocycles. The van der Waals surface area contributed by atoms with E-state index < -0.39 is 94.1 Å². The molecule has 1 saturated carbocycles. The second-order valence-corrected chi connectivity index (χ2v) is 14.6. The van der Waals surface area contributed by atoms with E-state index in [2.05, 4.69) is 0 Å². The predicted molar refractivity (Wildman–Crippen MR) is 148 cm³/mol. The minimum absolute atomic E-state index is 0.783. The van der Waals surface area contributed by atoms with Gasteiger partial charge in [-0.25, -0.2) is 0 Å². The van der Waals surface area contributed by atoms with E-state index in [0.717, 1.165) is 13.8 Å². The molecule has 4 atom stereocenters. The Kier molecular flexibility index (Phi) is 11.4. The van der Waals surface area contributed by atoms with Gasteiger partial charge < -0.3 is 28.4 Å². The standard InChI is InChI=1S/C30H48O12/c1-15(31)37-17-19(39-23(33)27(3,4)5)21(41-25(35)29(9,10)11)18(38-16(2)32)22(42-26(36)30(12,13)14)20(17)40-24(34)28(6,7)8/h17-22H,1-14H3. The van der Waals surface area contributed by atoms with Crippen LogP contribution in [0, 0.1) is 21.7 Å². The summed E-state index contributed by atoms with van der Waals surface area (Å²) in [5.41, 5.74) is -4.32. The third-order valence-corrected chi connectivity index (χ3v) is 5.97. The molecule has 0 amide bonds. The molecule has 0 aromatic heterocycles. The summed E-state index contributed by atoms with van der Waals surface area (Å²) < 4.78 is 34.4. The van der Waals surface area contributed by atoms with Gasteiger partial charge in [0.2, 0.25) is 0 Å². The maximum absolute atomic E-state index is 13.2. The van der Waals surface area contributed by atoms with Crippen LogP contribution in [-0.2, 0) is 57.2 Å². The average Bonchev–Trinajstić information content (AvgIpc) is 2.76. The van der Waals surface area contributed by atoms with Crippen molar-refractivity contribution < 1.29 is 57.2 Å². The lowest BCUT2D eigenvalue weighted by atomic mass is 9.82. The molecule has 1 fully saturated rings. The first-order chi connectivity index (χ1) is 18.7. The average molecular weight is 601 g/mol. The summed E-state index contributed by atoms with van der Waals surface area (Å²) in [4.78, 5) is 77.6. The second-order valence-electron chi connectivity index (χ2n) is 14.6. The lowest BCUT2D eigenvalue weighted by molar-refractivity contribution is -0.266. The molecule has 1 aliphatic carbocycles. The molecule has 240 valence electrons. The van der Waals surface area contributed by atoms with Gasteiger partial charge in [0.15, 0.2) is 36.6 Å².